The van der Waals surface area contributed by atoms with E-state index >= 15 is 0 Å². The van der Waals surface area contributed by atoms with E-state index in [2.05, 4.69) is 5.32 Å². The Morgan fingerprint density at radius 1 is 0.931 bits per heavy atom. The summed E-state index contributed by atoms with van der Waals surface area (Å²) < 4.78 is 85.4. The van der Waals surface area contributed by atoms with Gasteiger partial charge in [-0.3, -0.25) is 4.90 Å². The molecule has 2 heterocycles. The summed E-state index contributed by atoms with van der Waals surface area (Å²) in [5.74, 6) is -0.0883. The van der Waals surface area contributed by atoms with Gasteiger partial charge in [-0.2, -0.15) is 26.3 Å². The van der Waals surface area contributed by atoms with Crippen LogP contribution >= 0.6 is 24.8 Å². The predicted octanol–water partition coefficient (Wildman–Crippen LogP) is 4.94. The maximum absolute atomic E-state index is 13.7. The van der Waals surface area contributed by atoms with E-state index in [9.17, 15) is 26.3 Å². The van der Waals surface area contributed by atoms with E-state index in [1.807, 2.05) is 4.90 Å². The van der Waals surface area contributed by atoms with Gasteiger partial charge in [-0.05, 0) is 36.5 Å². The molecule has 1 aromatic carbocycles. The van der Waals surface area contributed by atoms with Gasteiger partial charge in [0.05, 0.1) is 11.1 Å². The third kappa shape index (κ3) is 6.37. The van der Waals surface area contributed by atoms with Crippen molar-refractivity contribution in [1.82, 2.24) is 10.2 Å². The second-order valence-corrected chi connectivity index (χ2v) is 6.98. The van der Waals surface area contributed by atoms with Crippen molar-refractivity contribution in [3.63, 3.8) is 0 Å². The van der Waals surface area contributed by atoms with E-state index in [1.54, 1.807) is 0 Å². The minimum atomic E-state index is -4.85. The van der Waals surface area contributed by atoms with E-state index in [1.165, 1.54) is 0 Å². The lowest BCUT2D eigenvalue weighted by atomic mass is 9.83. The molecule has 0 spiro atoms. The van der Waals surface area contributed by atoms with Crippen LogP contribution in [0, 0.1) is 5.92 Å². The molecule has 1 N–H and O–H groups in total. The average molecular weight is 469 g/mol. The Hall–Kier alpha value is -0.740. The summed E-state index contributed by atoms with van der Waals surface area (Å²) in [6, 6.07) is 1.46. The number of alkyl halides is 6. The largest absolute Gasteiger partial charge is 0.416 e. The number of benzene rings is 1. The van der Waals surface area contributed by atoms with Crippen LogP contribution in [0.4, 0.5) is 26.3 Å². The molecule has 11 heteroatoms. The number of halogens is 8. The minimum absolute atomic E-state index is 0. The van der Waals surface area contributed by atoms with Gasteiger partial charge in [0.2, 0.25) is 0 Å². The van der Waals surface area contributed by atoms with Crippen LogP contribution in [-0.4, -0.2) is 44.3 Å². The highest BCUT2D eigenvalue weighted by atomic mass is 35.5. The lowest BCUT2D eigenvalue weighted by Crippen LogP contribution is -2.48. The molecule has 3 rings (SSSR count). The molecule has 2 saturated heterocycles. The van der Waals surface area contributed by atoms with Gasteiger partial charge in [0.1, 0.15) is 0 Å². The number of rotatable bonds is 3. The summed E-state index contributed by atoms with van der Waals surface area (Å²) in [6.45, 7) is 3.30. The van der Waals surface area contributed by atoms with Gasteiger partial charge in [0, 0.05) is 45.4 Å². The van der Waals surface area contributed by atoms with Crippen LogP contribution in [0.15, 0.2) is 18.2 Å². The van der Waals surface area contributed by atoms with Gasteiger partial charge >= 0.3 is 12.4 Å². The first-order valence-electron chi connectivity index (χ1n) is 8.99. The maximum Gasteiger partial charge on any atom is 0.416 e. The van der Waals surface area contributed by atoms with Crippen molar-refractivity contribution < 1.29 is 31.1 Å². The van der Waals surface area contributed by atoms with Gasteiger partial charge in [0.15, 0.2) is 0 Å². The third-order valence-corrected chi connectivity index (χ3v) is 5.26. The fraction of sp³-hybridized carbons (Fsp3) is 0.667. The summed E-state index contributed by atoms with van der Waals surface area (Å²) in [5, 5.41) is 3.16. The lowest BCUT2D eigenvalue weighted by Gasteiger charge is -2.42. The molecule has 168 valence electrons. The van der Waals surface area contributed by atoms with Crippen LogP contribution in [0.5, 0.6) is 0 Å². The second kappa shape index (κ2) is 10.5. The number of piperazine rings is 1. The van der Waals surface area contributed by atoms with E-state index < -0.39 is 29.5 Å². The molecule has 0 aromatic heterocycles. The summed E-state index contributed by atoms with van der Waals surface area (Å²) in [5.41, 5.74) is -2.53. The molecule has 1 atom stereocenters. The van der Waals surface area contributed by atoms with Crippen LogP contribution < -0.4 is 5.32 Å². The average Bonchev–Trinajstić information content (AvgIpc) is 2.62. The zero-order chi connectivity index (χ0) is 19.7. The van der Waals surface area contributed by atoms with E-state index in [0.717, 1.165) is 12.1 Å². The molecule has 0 radical (unpaired) electrons. The Balaban J connectivity index is 0.00000210. The molecule has 0 amide bonds. The van der Waals surface area contributed by atoms with Crippen molar-refractivity contribution >= 4 is 24.8 Å². The highest BCUT2D eigenvalue weighted by molar-refractivity contribution is 5.85. The third-order valence-electron chi connectivity index (χ3n) is 5.26. The zero-order valence-corrected chi connectivity index (χ0v) is 17.1. The van der Waals surface area contributed by atoms with Crippen LogP contribution in [0.2, 0.25) is 0 Å². The smallest absolute Gasteiger partial charge is 0.381 e. The highest BCUT2D eigenvalue weighted by Crippen LogP contribution is 2.44. The molecule has 2 aliphatic rings. The number of nitrogens with zero attached hydrogens (tertiary/aromatic N) is 1. The van der Waals surface area contributed by atoms with E-state index in [-0.39, 0.29) is 42.4 Å². The van der Waals surface area contributed by atoms with Crippen LogP contribution in [-0.2, 0) is 17.1 Å². The van der Waals surface area contributed by atoms with Crippen LogP contribution in [0.25, 0.3) is 0 Å². The molecular weight excluding hydrogens is 445 g/mol. The highest BCUT2D eigenvalue weighted by Gasteiger charge is 2.42. The molecule has 0 unspecified atom stereocenters. The quantitative estimate of drug-likeness (QED) is 0.635. The van der Waals surface area contributed by atoms with E-state index in [4.69, 9.17) is 4.74 Å². The molecule has 29 heavy (non-hydrogen) atoms. The van der Waals surface area contributed by atoms with Crippen LogP contribution in [0.1, 0.15) is 35.6 Å². The van der Waals surface area contributed by atoms with Gasteiger partial charge in [-0.15, -0.1) is 24.8 Å². The van der Waals surface area contributed by atoms with Crippen molar-refractivity contribution in [3.05, 3.63) is 34.9 Å². The first-order chi connectivity index (χ1) is 12.7. The van der Waals surface area contributed by atoms with Crippen molar-refractivity contribution in [3.8, 4) is 0 Å². The summed E-state index contributed by atoms with van der Waals surface area (Å²) >= 11 is 0. The normalized spacial score (nSPS) is 20.5. The van der Waals surface area contributed by atoms with Gasteiger partial charge in [0.25, 0.3) is 0 Å². The molecule has 1 aromatic rings. The Morgan fingerprint density at radius 3 is 2.03 bits per heavy atom. The molecular formula is C18H24Cl2F6N2O. The topological polar surface area (TPSA) is 24.5 Å². The predicted molar refractivity (Wildman–Crippen MR) is 102 cm³/mol. The van der Waals surface area contributed by atoms with Crippen molar-refractivity contribution in [2.75, 3.05) is 39.4 Å². The minimum Gasteiger partial charge on any atom is -0.381 e. The Morgan fingerprint density at radius 2 is 1.52 bits per heavy atom. The summed E-state index contributed by atoms with van der Waals surface area (Å²) in [4.78, 5) is 1.96. The zero-order valence-electron chi connectivity index (χ0n) is 15.5. The fourth-order valence-corrected chi connectivity index (χ4v) is 3.98. The molecule has 0 bridgehead atoms. The SMILES string of the molecule is Cl.Cl.FC(F)(F)c1ccc([C@@H](C2CCOCC2)N2CCNCC2)c(C(F)(F)F)c1. The number of hydrogen-bond donors (Lipinski definition) is 1. The van der Waals surface area contributed by atoms with E-state index in [0.29, 0.717) is 52.2 Å². The summed E-state index contributed by atoms with van der Waals surface area (Å²) in [7, 11) is 0. The van der Waals surface area contributed by atoms with Crippen molar-refractivity contribution in [2.24, 2.45) is 5.92 Å². The van der Waals surface area contributed by atoms with Gasteiger partial charge < -0.3 is 10.1 Å². The Bertz CT molecular complexity index is 626. The first-order valence-corrected chi connectivity index (χ1v) is 8.99. The molecule has 0 saturated carbocycles. The van der Waals surface area contributed by atoms with Crippen LogP contribution in [0.3, 0.4) is 0 Å². The lowest BCUT2D eigenvalue weighted by molar-refractivity contribution is -0.144. The standard InChI is InChI=1S/C18H22F6N2O.2ClH/c19-17(20,21)13-1-2-14(15(11-13)18(22,23)24)16(12-3-9-27-10-4-12)26-7-5-25-6-8-26;;/h1-2,11-12,16,25H,3-10H2;2*1H/t16-;;/m1../s1. The maximum atomic E-state index is 13.7. The molecule has 0 aliphatic carbocycles. The molecule has 2 aliphatic heterocycles. The number of nitrogens with one attached hydrogen (secondary N) is 1. The van der Waals surface area contributed by atoms with Crippen molar-refractivity contribution in [2.45, 2.75) is 31.2 Å². The Labute approximate surface area is 178 Å². The number of ether oxygens (including phenoxy) is 1. The van der Waals surface area contributed by atoms with Gasteiger partial charge in [-0.25, -0.2) is 0 Å². The second-order valence-electron chi connectivity index (χ2n) is 6.98. The van der Waals surface area contributed by atoms with Crippen molar-refractivity contribution in [1.29, 1.82) is 0 Å². The molecule has 3 nitrogen and oxygen atoms in total. The monoisotopic (exact) mass is 468 g/mol. The van der Waals surface area contributed by atoms with Gasteiger partial charge in [-0.1, -0.05) is 6.07 Å². The summed E-state index contributed by atoms with van der Waals surface area (Å²) in [6.07, 6.45) is -8.49. The fourth-order valence-electron chi connectivity index (χ4n) is 3.98. The Kier molecular flexibility index (Phi) is 9.54. The number of hydrogen-bond acceptors (Lipinski definition) is 3. The molecule has 2 fully saturated rings. The first kappa shape index (κ1) is 26.3.